The zero-order chi connectivity index (χ0) is 16.9. The number of ether oxygens (including phenoxy) is 3. The van der Waals surface area contributed by atoms with Gasteiger partial charge in [0.15, 0.2) is 15.9 Å². The summed E-state index contributed by atoms with van der Waals surface area (Å²) >= 11 is 0. The lowest BCUT2D eigenvalue weighted by Gasteiger charge is -2.23. The lowest BCUT2D eigenvalue weighted by Crippen LogP contribution is -2.31. The van der Waals surface area contributed by atoms with Crippen molar-refractivity contribution in [1.29, 1.82) is 0 Å². The number of rotatable bonds is 6. The summed E-state index contributed by atoms with van der Waals surface area (Å²) < 4.78 is 39.0. The molecule has 0 bridgehead atoms. The van der Waals surface area contributed by atoms with E-state index in [1.807, 2.05) is 0 Å². The van der Waals surface area contributed by atoms with E-state index < -0.39 is 21.9 Å². The van der Waals surface area contributed by atoms with E-state index in [0.717, 1.165) is 32.1 Å². The minimum Gasteiger partial charge on any atom is -0.425 e. The van der Waals surface area contributed by atoms with Gasteiger partial charge in [0.05, 0.1) is 17.6 Å². The van der Waals surface area contributed by atoms with Crippen LogP contribution < -0.4 is 4.74 Å². The van der Waals surface area contributed by atoms with Gasteiger partial charge in [-0.2, -0.15) is 0 Å². The molecule has 0 spiro atoms. The Morgan fingerprint density at radius 2 is 2.00 bits per heavy atom. The van der Waals surface area contributed by atoms with Gasteiger partial charge < -0.3 is 14.2 Å². The third kappa shape index (κ3) is 5.60. The van der Waals surface area contributed by atoms with Crippen LogP contribution in [0.3, 0.4) is 0 Å². The van der Waals surface area contributed by atoms with Crippen LogP contribution in [0.15, 0.2) is 29.2 Å². The molecular weight excluding hydrogens is 320 g/mol. The summed E-state index contributed by atoms with van der Waals surface area (Å²) in [5, 5.41) is 0. The van der Waals surface area contributed by atoms with E-state index in [1.165, 1.54) is 24.3 Å². The third-order valence-electron chi connectivity index (χ3n) is 3.61. The normalized spacial score (nSPS) is 20.0. The molecule has 1 fully saturated rings. The second kappa shape index (κ2) is 7.90. The molecular formula is C16H22O6S. The molecule has 2 unspecified atom stereocenters. The van der Waals surface area contributed by atoms with Gasteiger partial charge in [-0.25, -0.2) is 13.2 Å². The van der Waals surface area contributed by atoms with Crippen LogP contribution in [0.4, 0.5) is 0 Å². The quantitative estimate of drug-likeness (QED) is 0.581. The fraction of sp³-hybridized carbons (Fsp3) is 0.562. The van der Waals surface area contributed by atoms with Crippen molar-refractivity contribution in [3.63, 3.8) is 0 Å². The SMILES string of the molecule is CC(OCC1CCCCO1)C(=O)Oc1ccc(S(C)(=O)=O)cc1. The first-order valence-electron chi connectivity index (χ1n) is 7.61. The number of benzene rings is 1. The van der Waals surface area contributed by atoms with Crippen LogP contribution in [-0.4, -0.2) is 46.1 Å². The molecule has 0 saturated carbocycles. The average molecular weight is 342 g/mol. The van der Waals surface area contributed by atoms with Crippen molar-refractivity contribution in [2.45, 2.75) is 43.3 Å². The van der Waals surface area contributed by atoms with Crippen LogP contribution in [0.1, 0.15) is 26.2 Å². The van der Waals surface area contributed by atoms with Crippen molar-refractivity contribution in [3.05, 3.63) is 24.3 Å². The van der Waals surface area contributed by atoms with Crippen molar-refractivity contribution >= 4 is 15.8 Å². The zero-order valence-electron chi connectivity index (χ0n) is 13.4. The summed E-state index contributed by atoms with van der Waals surface area (Å²) in [6.45, 7) is 2.72. The van der Waals surface area contributed by atoms with Gasteiger partial charge in [-0.1, -0.05) is 0 Å². The first kappa shape index (κ1) is 17.9. The van der Waals surface area contributed by atoms with Gasteiger partial charge in [-0.15, -0.1) is 0 Å². The summed E-state index contributed by atoms with van der Waals surface area (Å²) in [7, 11) is -3.26. The van der Waals surface area contributed by atoms with E-state index in [2.05, 4.69) is 0 Å². The summed E-state index contributed by atoms with van der Waals surface area (Å²) in [5.74, 6) is -0.236. The molecule has 0 aromatic heterocycles. The van der Waals surface area contributed by atoms with Crippen LogP contribution in [-0.2, 0) is 24.1 Å². The number of carbonyl (C=O) groups excluding carboxylic acids is 1. The van der Waals surface area contributed by atoms with Gasteiger partial charge in [0.25, 0.3) is 0 Å². The highest BCUT2D eigenvalue weighted by Gasteiger charge is 2.20. The smallest absolute Gasteiger partial charge is 0.340 e. The number of hydrogen-bond acceptors (Lipinski definition) is 6. The van der Waals surface area contributed by atoms with Crippen LogP contribution in [0.5, 0.6) is 5.75 Å². The Morgan fingerprint density at radius 1 is 1.30 bits per heavy atom. The van der Waals surface area contributed by atoms with Crippen LogP contribution >= 0.6 is 0 Å². The minimum absolute atomic E-state index is 0.0352. The van der Waals surface area contributed by atoms with Crippen LogP contribution in [0, 0.1) is 0 Å². The average Bonchev–Trinajstić information content (AvgIpc) is 2.53. The van der Waals surface area contributed by atoms with Gasteiger partial charge in [0.1, 0.15) is 5.75 Å². The second-order valence-corrected chi connectivity index (χ2v) is 7.64. The summed E-state index contributed by atoms with van der Waals surface area (Å²) in [6.07, 6.45) is 3.56. The van der Waals surface area contributed by atoms with Gasteiger partial charge in [-0.05, 0) is 50.5 Å². The van der Waals surface area contributed by atoms with E-state index >= 15 is 0 Å². The van der Waals surface area contributed by atoms with Crippen LogP contribution in [0.25, 0.3) is 0 Å². The zero-order valence-corrected chi connectivity index (χ0v) is 14.2. The van der Waals surface area contributed by atoms with Crippen molar-refractivity contribution in [2.24, 2.45) is 0 Å². The topological polar surface area (TPSA) is 78.9 Å². The number of sulfone groups is 1. The molecule has 1 heterocycles. The molecule has 1 saturated heterocycles. The predicted octanol–water partition coefficient (Wildman–Crippen LogP) is 1.97. The van der Waals surface area contributed by atoms with E-state index in [0.29, 0.717) is 6.61 Å². The molecule has 1 aromatic rings. The predicted molar refractivity (Wildman–Crippen MR) is 84.2 cm³/mol. The molecule has 0 aliphatic carbocycles. The first-order chi connectivity index (χ1) is 10.9. The van der Waals surface area contributed by atoms with E-state index in [-0.39, 0.29) is 16.7 Å². The molecule has 2 atom stereocenters. The first-order valence-corrected chi connectivity index (χ1v) is 9.50. The third-order valence-corrected chi connectivity index (χ3v) is 4.74. The summed E-state index contributed by atoms with van der Waals surface area (Å²) in [5.41, 5.74) is 0. The Kier molecular flexibility index (Phi) is 6.15. The second-order valence-electron chi connectivity index (χ2n) is 5.63. The fourth-order valence-electron chi connectivity index (χ4n) is 2.21. The highest BCUT2D eigenvalue weighted by molar-refractivity contribution is 7.90. The number of hydrogen-bond donors (Lipinski definition) is 0. The van der Waals surface area contributed by atoms with Gasteiger partial charge in [0, 0.05) is 12.9 Å². The minimum atomic E-state index is -3.26. The van der Waals surface area contributed by atoms with Crippen molar-refractivity contribution in [1.82, 2.24) is 0 Å². The Bertz CT molecular complexity index is 616. The molecule has 0 amide bonds. The van der Waals surface area contributed by atoms with Crippen molar-refractivity contribution in [2.75, 3.05) is 19.5 Å². The molecule has 6 nitrogen and oxygen atoms in total. The highest BCUT2D eigenvalue weighted by atomic mass is 32.2. The molecule has 1 aliphatic heterocycles. The Balaban J connectivity index is 1.83. The molecule has 1 aliphatic rings. The van der Waals surface area contributed by atoms with E-state index in [9.17, 15) is 13.2 Å². The lowest BCUT2D eigenvalue weighted by molar-refractivity contribution is -0.149. The maximum atomic E-state index is 12.0. The Hall–Kier alpha value is -1.44. The Labute approximate surface area is 136 Å². The highest BCUT2D eigenvalue weighted by Crippen LogP contribution is 2.17. The molecule has 0 radical (unpaired) electrons. The molecule has 1 aromatic carbocycles. The largest absolute Gasteiger partial charge is 0.425 e. The maximum Gasteiger partial charge on any atom is 0.340 e. The molecule has 23 heavy (non-hydrogen) atoms. The molecule has 2 rings (SSSR count). The fourth-order valence-corrected chi connectivity index (χ4v) is 2.84. The van der Waals surface area contributed by atoms with E-state index in [1.54, 1.807) is 6.92 Å². The molecule has 0 N–H and O–H groups in total. The lowest BCUT2D eigenvalue weighted by atomic mass is 10.1. The van der Waals surface area contributed by atoms with Gasteiger partial charge in [-0.3, -0.25) is 0 Å². The number of carbonyl (C=O) groups is 1. The summed E-state index contributed by atoms with van der Waals surface area (Å²) in [6, 6.07) is 5.70. The maximum absolute atomic E-state index is 12.0. The molecule has 128 valence electrons. The van der Waals surface area contributed by atoms with Gasteiger partial charge >= 0.3 is 5.97 Å². The van der Waals surface area contributed by atoms with Crippen LogP contribution in [0.2, 0.25) is 0 Å². The molecule has 7 heteroatoms. The van der Waals surface area contributed by atoms with E-state index in [4.69, 9.17) is 14.2 Å². The van der Waals surface area contributed by atoms with Gasteiger partial charge in [0.2, 0.25) is 0 Å². The number of esters is 1. The van der Waals surface area contributed by atoms with Crippen molar-refractivity contribution < 1.29 is 27.4 Å². The summed E-state index contributed by atoms with van der Waals surface area (Å²) in [4.78, 5) is 12.1. The van der Waals surface area contributed by atoms with Crippen molar-refractivity contribution in [3.8, 4) is 5.75 Å². The monoisotopic (exact) mass is 342 g/mol. The standard InChI is InChI=1S/C16H22O6S/c1-12(21-11-14-5-3-4-10-20-14)16(17)22-13-6-8-15(9-7-13)23(2,18)19/h6-9,12,14H,3-5,10-11H2,1-2H3. The Morgan fingerprint density at radius 3 is 2.57 bits per heavy atom.